The number of carboxylic acids is 1. The second-order valence-corrected chi connectivity index (χ2v) is 4.93. The van der Waals surface area contributed by atoms with Crippen molar-refractivity contribution in [3.05, 3.63) is 0 Å². The third-order valence-electron chi connectivity index (χ3n) is 3.24. The molecule has 0 saturated carbocycles. The molecule has 1 atom stereocenters. The van der Waals surface area contributed by atoms with Gasteiger partial charge < -0.3 is 20.9 Å². The Morgan fingerprint density at radius 1 is 1.44 bits per heavy atom. The number of carbonyl (C=O) groups excluding carboxylic acids is 1. The van der Waals surface area contributed by atoms with E-state index in [-0.39, 0.29) is 18.4 Å². The van der Waals surface area contributed by atoms with Crippen LogP contribution in [0.4, 0.5) is 0 Å². The zero-order valence-corrected chi connectivity index (χ0v) is 10.8. The lowest BCUT2D eigenvalue weighted by Gasteiger charge is -2.33. The number of ether oxygens (including phenoxy) is 1. The lowest BCUT2D eigenvalue weighted by molar-refractivity contribution is -0.137. The van der Waals surface area contributed by atoms with Crippen LogP contribution in [0, 0.1) is 0 Å². The molecule has 4 N–H and O–H groups in total. The molecule has 18 heavy (non-hydrogen) atoms. The lowest BCUT2D eigenvalue weighted by Crippen LogP contribution is -2.58. The minimum absolute atomic E-state index is 0.0554. The molecule has 6 heteroatoms. The Morgan fingerprint density at radius 3 is 2.61 bits per heavy atom. The summed E-state index contributed by atoms with van der Waals surface area (Å²) in [5.41, 5.74) is 5.21. The molecular weight excluding hydrogens is 236 g/mol. The number of carbonyl (C=O) groups is 2. The van der Waals surface area contributed by atoms with Crippen LogP contribution in [-0.2, 0) is 14.3 Å². The Hall–Kier alpha value is -1.14. The Kier molecular flexibility index (Phi) is 5.55. The van der Waals surface area contributed by atoms with Gasteiger partial charge in [-0.05, 0) is 32.6 Å². The van der Waals surface area contributed by atoms with Crippen LogP contribution in [0.15, 0.2) is 0 Å². The third kappa shape index (κ3) is 4.62. The normalized spacial score (nSPS) is 20.1. The summed E-state index contributed by atoms with van der Waals surface area (Å²) < 4.78 is 5.19. The number of amides is 1. The first-order valence-electron chi connectivity index (χ1n) is 6.33. The van der Waals surface area contributed by atoms with Crippen molar-refractivity contribution in [2.75, 3.05) is 13.2 Å². The minimum atomic E-state index is -0.834. The zero-order chi connectivity index (χ0) is 13.6. The molecular formula is C12H22N2O4. The van der Waals surface area contributed by atoms with Gasteiger partial charge in [-0.15, -0.1) is 0 Å². The predicted molar refractivity (Wildman–Crippen MR) is 66.1 cm³/mol. The van der Waals surface area contributed by atoms with E-state index in [0.29, 0.717) is 38.9 Å². The van der Waals surface area contributed by atoms with Crippen molar-refractivity contribution in [3.63, 3.8) is 0 Å². The first kappa shape index (κ1) is 14.9. The Balaban J connectivity index is 2.31. The van der Waals surface area contributed by atoms with Crippen LogP contribution in [0.3, 0.4) is 0 Å². The molecule has 0 aromatic heterocycles. The third-order valence-corrected chi connectivity index (χ3v) is 3.24. The molecule has 1 unspecified atom stereocenters. The predicted octanol–water partition coefficient (Wildman–Crippen LogP) is 0.254. The van der Waals surface area contributed by atoms with E-state index in [1.54, 1.807) is 0 Å². The standard InChI is InChI=1S/C12H22N2O4/c1-9(3-2-4-10(15)16)14-11(17)12(13)5-7-18-8-6-12/h9H,2-8,13H2,1H3,(H,14,17)(H,15,16). The highest BCUT2D eigenvalue weighted by atomic mass is 16.5. The molecule has 1 rings (SSSR count). The van der Waals surface area contributed by atoms with Crippen molar-refractivity contribution >= 4 is 11.9 Å². The molecule has 104 valence electrons. The Bertz CT molecular complexity index is 300. The summed E-state index contributed by atoms with van der Waals surface area (Å²) in [6.45, 7) is 2.89. The van der Waals surface area contributed by atoms with Crippen LogP contribution in [0.2, 0.25) is 0 Å². The molecule has 0 bridgehead atoms. The van der Waals surface area contributed by atoms with Crippen LogP contribution in [0.5, 0.6) is 0 Å². The molecule has 1 saturated heterocycles. The van der Waals surface area contributed by atoms with Gasteiger partial charge in [0.15, 0.2) is 0 Å². The Morgan fingerprint density at radius 2 is 2.06 bits per heavy atom. The first-order chi connectivity index (χ1) is 8.44. The van der Waals surface area contributed by atoms with Gasteiger partial charge >= 0.3 is 5.97 Å². The van der Waals surface area contributed by atoms with Gasteiger partial charge in [0.1, 0.15) is 0 Å². The molecule has 1 fully saturated rings. The van der Waals surface area contributed by atoms with Crippen LogP contribution < -0.4 is 11.1 Å². The molecule has 0 spiro atoms. The van der Waals surface area contributed by atoms with E-state index in [1.807, 2.05) is 6.92 Å². The summed E-state index contributed by atoms with van der Waals surface area (Å²) in [6, 6.07) is -0.0554. The lowest BCUT2D eigenvalue weighted by atomic mass is 9.90. The number of hydrogen-bond donors (Lipinski definition) is 3. The molecule has 0 aliphatic carbocycles. The maximum atomic E-state index is 12.0. The van der Waals surface area contributed by atoms with Crippen molar-refractivity contribution in [3.8, 4) is 0 Å². The molecule has 6 nitrogen and oxygen atoms in total. The average molecular weight is 258 g/mol. The number of nitrogens with two attached hydrogens (primary N) is 1. The van der Waals surface area contributed by atoms with Crippen LogP contribution in [-0.4, -0.2) is 41.8 Å². The van der Waals surface area contributed by atoms with Gasteiger partial charge in [-0.3, -0.25) is 9.59 Å². The highest BCUT2D eigenvalue weighted by Crippen LogP contribution is 2.18. The Labute approximate surface area is 107 Å². The number of nitrogens with one attached hydrogen (secondary N) is 1. The fourth-order valence-corrected chi connectivity index (χ4v) is 1.96. The second-order valence-electron chi connectivity index (χ2n) is 4.93. The topological polar surface area (TPSA) is 102 Å². The van der Waals surface area contributed by atoms with Gasteiger partial charge in [-0.2, -0.15) is 0 Å². The van der Waals surface area contributed by atoms with Gasteiger partial charge in [-0.1, -0.05) is 0 Å². The van der Waals surface area contributed by atoms with Gasteiger partial charge in [0.2, 0.25) is 5.91 Å². The molecule has 1 aliphatic rings. The van der Waals surface area contributed by atoms with Crippen LogP contribution >= 0.6 is 0 Å². The van der Waals surface area contributed by atoms with Crippen molar-refractivity contribution in [1.29, 1.82) is 0 Å². The summed E-state index contributed by atoms with van der Waals surface area (Å²) in [4.78, 5) is 22.4. The number of hydrogen-bond acceptors (Lipinski definition) is 4. The van der Waals surface area contributed by atoms with Crippen molar-refractivity contribution in [2.45, 2.75) is 50.6 Å². The van der Waals surface area contributed by atoms with E-state index >= 15 is 0 Å². The van der Waals surface area contributed by atoms with Crippen molar-refractivity contribution in [1.82, 2.24) is 5.32 Å². The summed E-state index contributed by atoms with van der Waals surface area (Å²) in [6.07, 6.45) is 2.38. The maximum absolute atomic E-state index is 12.0. The number of carboxylic acid groups (broad SMARTS) is 1. The van der Waals surface area contributed by atoms with E-state index in [1.165, 1.54) is 0 Å². The van der Waals surface area contributed by atoms with Crippen molar-refractivity contribution < 1.29 is 19.4 Å². The number of aliphatic carboxylic acids is 1. The van der Waals surface area contributed by atoms with E-state index < -0.39 is 11.5 Å². The summed E-state index contributed by atoms with van der Waals surface area (Å²) in [5.74, 6) is -0.970. The molecule has 0 aromatic carbocycles. The summed E-state index contributed by atoms with van der Waals surface area (Å²) in [5, 5.41) is 11.4. The number of rotatable bonds is 6. The van der Waals surface area contributed by atoms with E-state index in [0.717, 1.165) is 0 Å². The summed E-state index contributed by atoms with van der Waals surface area (Å²) >= 11 is 0. The summed E-state index contributed by atoms with van der Waals surface area (Å²) in [7, 11) is 0. The van der Waals surface area contributed by atoms with Crippen LogP contribution in [0.25, 0.3) is 0 Å². The van der Waals surface area contributed by atoms with Gasteiger partial charge in [-0.25, -0.2) is 0 Å². The minimum Gasteiger partial charge on any atom is -0.481 e. The second kappa shape index (κ2) is 6.70. The van der Waals surface area contributed by atoms with Gasteiger partial charge in [0.05, 0.1) is 5.54 Å². The van der Waals surface area contributed by atoms with Gasteiger partial charge in [0.25, 0.3) is 0 Å². The zero-order valence-electron chi connectivity index (χ0n) is 10.8. The molecule has 0 radical (unpaired) electrons. The van der Waals surface area contributed by atoms with E-state index in [4.69, 9.17) is 15.6 Å². The smallest absolute Gasteiger partial charge is 0.303 e. The van der Waals surface area contributed by atoms with Gasteiger partial charge in [0, 0.05) is 25.7 Å². The SMILES string of the molecule is CC(CCCC(=O)O)NC(=O)C1(N)CCOCC1. The largest absolute Gasteiger partial charge is 0.481 e. The fourth-order valence-electron chi connectivity index (χ4n) is 1.96. The molecule has 1 aliphatic heterocycles. The molecule has 1 heterocycles. The first-order valence-corrected chi connectivity index (χ1v) is 6.33. The van der Waals surface area contributed by atoms with Crippen molar-refractivity contribution in [2.24, 2.45) is 5.73 Å². The molecule has 0 aromatic rings. The monoisotopic (exact) mass is 258 g/mol. The van der Waals surface area contributed by atoms with Crippen LogP contribution in [0.1, 0.15) is 39.0 Å². The molecule has 1 amide bonds. The average Bonchev–Trinajstić information content (AvgIpc) is 2.29. The quantitative estimate of drug-likeness (QED) is 0.634. The highest BCUT2D eigenvalue weighted by molar-refractivity contribution is 5.86. The highest BCUT2D eigenvalue weighted by Gasteiger charge is 2.36. The van der Waals surface area contributed by atoms with E-state index in [9.17, 15) is 9.59 Å². The maximum Gasteiger partial charge on any atom is 0.303 e. The fraction of sp³-hybridized carbons (Fsp3) is 0.833. The van der Waals surface area contributed by atoms with E-state index in [2.05, 4.69) is 5.32 Å².